The molecule has 1 aliphatic rings. The minimum atomic E-state index is -0.827. The molecule has 1 saturated heterocycles. The molecule has 0 atom stereocenters. The molecule has 6 heteroatoms. The van der Waals surface area contributed by atoms with Crippen LogP contribution in [0.3, 0.4) is 0 Å². The molecule has 0 saturated carbocycles. The molecule has 22 heavy (non-hydrogen) atoms. The van der Waals surface area contributed by atoms with E-state index in [1.165, 1.54) is 0 Å². The second kappa shape index (κ2) is 6.25. The number of benzene rings is 1. The third kappa shape index (κ3) is 3.00. The highest BCUT2D eigenvalue weighted by molar-refractivity contribution is 5.92. The number of ether oxygens (including phenoxy) is 2. The van der Waals surface area contributed by atoms with Gasteiger partial charge >= 0.3 is 0 Å². The fourth-order valence-corrected chi connectivity index (χ4v) is 2.60. The van der Waals surface area contributed by atoms with Gasteiger partial charge in [-0.2, -0.15) is 0 Å². The molecule has 1 N–H and O–H groups in total. The van der Waals surface area contributed by atoms with Gasteiger partial charge in [0.25, 0.3) is 0 Å². The normalized spacial score (nSPS) is 16.9. The smallest absolute Gasteiger partial charge is 0.245 e. The first-order valence-corrected chi connectivity index (χ1v) is 7.20. The number of amides is 2. The monoisotopic (exact) mass is 306 g/mol. The molecule has 120 valence electrons. The Hall–Kier alpha value is -2.24. The maximum atomic E-state index is 12.6. The zero-order chi connectivity index (χ0) is 16.3. The van der Waals surface area contributed by atoms with Crippen molar-refractivity contribution >= 4 is 11.8 Å². The summed E-state index contributed by atoms with van der Waals surface area (Å²) in [6.07, 6.45) is 0.219. The zero-order valence-corrected chi connectivity index (χ0v) is 13.4. The molecule has 1 aromatic carbocycles. The van der Waals surface area contributed by atoms with Crippen LogP contribution in [0.5, 0.6) is 11.5 Å². The maximum absolute atomic E-state index is 12.6. The Morgan fingerprint density at radius 2 is 1.95 bits per heavy atom. The molecule has 0 bridgehead atoms. The topological polar surface area (TPSA) is 67.9 Å². The highest BCUT2D eigenvalue weighted by atomic mass is 16.5. The SMILES string of the molecule is COc1ccc(CC(=O)N2CCNC(=O)C2(C)C)cc1OC. The highest BCUT2D eigenvalue weighted by Crippen LogP contribution is 2.28. The summed E-state index contributed by atoms with van der Waals surface area (Å²) in [5.41, 5.74) is -0.00394. The Morgan fingerprint density at radius 1 is 1.27 bits per heavy atom. The second-order valence-corrected chi connectivity index (χ2v) is 5.73. The summed E-state index contributed by atoms with van der Waals surface area (Å²) in [4.78, 5) is 26.1. The van der Waals surface area contributed by atoms with Crippen LogP contribution in [-0.4, -0.2) is 49.6 Å². The van der Waals surface area contributed by atoms with Gasteiger partial charge in [0.05, 0.1) is 20.6 Å². The Labute approximate surface area is 130 Å². The number of piperazine rings is 1. The van der Waals surface area contributed by atoms with Crippen LogP contribution in [0, 0.1) is 0 Å². The number of carbonyl (C=O) groups excluding carboxylic acids is 2. The lowest BCUT2D eigenvalue weighted by molar-refractivity contribution is -0.148. The van der Waals surface area contributed by atoms with Crippen molar-refractivity contribution in [3.8, 4) is 11.5 Å². The van der Waals surface area contributed by atoms with Crippen molar-refractivity contribution in [1.82, 2.24) is 10.2 Å². The number of rotatable bonds is 4. The first-order chi connectivity index (χ1) is 10.4. The summed E-state index contributed by atoms with van der Waals surface area (Å²) in [6, 6.07) is 5.39. The summed E-state index contributed by atoms with van der Waals surface area (Å²) in [7, 11) is 3.12. The summed E-state index contributed by atoms with van der Waals surface area (Å²) >= 11 is 0. The number of hydrogen-bond acceptors (Lipinski definition) is 4. The van der Waals surface area contributed by atoms with Gasteiger partial charge in [-0.3, -0.25) is 9.59 Å². The van der Waals surface area contributed by atoms with Gasteiger partial charge in [0.2, 0.25) is 11.8 Å². The molecule has 0 unspecified atom stereocenters. The molecule has 0 aromatic heterocycles. The lowest BCUT2D eigenvalue weighted by atomic mass is 9.97. The van der Waals surface area contributed by atoms with Crippen molar-refractivity contribution in [2.24, 2.45) is 0 Å². The Kier molecular flexibility index (Phi) is 4.59. The third-order valence-electron chi connectivity index (χ3n) is 3.96. The van der Waals surface area contributed by atoms with Crippen LogP contribution >= 0.6 is 0 Å². The molecule has 1 fully saturated rings. The standard InChI is InChI=1S/C16H22N2O4/c1-16(2)15(20)17-7-8-18(16)14(19)10-11-5-6-12(21-3)13(9-11)22-4/h5-6,9H,7-8,10H2,1-4H3,(H,17,20). The Bertz CT molecular complexity index is 584. The summed E-state index contributed by atoms with van der Waals surface area (Å²) in [5.74, 6) is 1.01. The molecule has 1 aromatic rings. The van der Waals surface area contributed by atoms with Crippen molar-refractivity contribution < 1.29 is 19.1 Å². The summed E-state index contributed by atoms with van der Waals surface area (Å²) in [6.45, 7) is 4.52. The van der Waals surface area contributed by atoms with E-state index in [1.54, 1.807) is 45.1 Å². The van der Waals surface area contributed by atoms with Crippen LogP contribution in [0.1, 0.15) is 19.4 Å². The first-order valence-electron chi connectivity index (χ1n) is 7.20. The van der Waals surface area contributed by atoms with E-state index in [0.717, 1.165) is 5.56 Å². The van der Waals surface area contributed by atoms with Crippen molar-refractivity contribution in [3.05, 3.63) is 23.8 Å². The largest absolute Gasteiger partial charge is 0.493 e. The van der Waals surface area contributed by atoms with Crippen LogP contribution in [0.15, 0.2) is 18.2 Å². The molecule has 2 amide bonds. The predicted octanol–water partition coefficient (Wildman–Crippen LogP) is 0.983. The number of methoxy groups -OCH3 is 2. The van der Waals surface area contributed by atoms with E-state index >= 15 is 0 Å². The van der Waals surface area contributed by atoms with Gasteiger partial charge < -0.3 is 19.7 Å². The number of nitrogens with one attached hydrogen (secondary N) is 1. The summed E-state index contributed by atoms with van der Waals surface area (Å²) < 4.78 is 10.4. The van der Waals surface area contributed by atoms with Crippen LogP contribution in [-0.2, 0) is 16.0 Å². The molecule has 0 radical (unpaired) electrons. The average molecular weight is 306 g/mol. The third-order valence-corrected chi connectivity index (χ3v) is 3.96. The van der Waals surface area contributed by atoms with Gasteiger partial charge in [0.1, 0.15) is 5.54 Å². The van der Waals surface area contributed by atoms with E-state index < -0.39 is 5.54 Å². The van der Waals surface area contributed by atoms with E-state index in [1.807, 2.05) is 6.07 Å². The molecule has 2 rings (SSSR count). The first kappa shape index (κ1) is 16.1. The van der Waals surface area contributed by atoms with Gasteiger partial charge in [-0.15, -0.1) is 0 Å². The van der Waals surface area contributed by atoms with Crippen molar-refractivity contribution in [2.45, 2.75) is 25.8 Å². The van der Waals surface area contributed by atoms with Gasteiger partial charge in [0.15, 0.2) is 11.5 Å². The Morgan fingerprint density at radius 3 is 2.59 bits per heavy atom. The average Bonchev–Trinajstić information content (AvgIpc) is 2.49. The summed E-state index contributed by atoms with van der Waals surface area (Å²) in [5, 5.41) is 2.78. The van der Waals surface area contributed by atoms with Crippen LogP contribution < -0.4 is 14.8 Å². The minimum absolute atomic E-state index is 0.0768. The minimum Gasteiger partial charge on any atom is -0.493 e. The Balaban J connectivity index is 2.16. The van der Waals surface area contributed by atoms with Crippen molar-refractivity contribution in [3.63, 3.8) is 0 Å². The number of nitrogens with zero attached hydrogens (tertiary/aromatic N) is 1. The maximum Gasteiger partial charge on any atom is 0.245 e. The van der Waals surface area contributed by atoms with E-state index in [-0.39, 0.29) is 18.2 Å². The van der Waals surface area contributed by atoms with Gasteiger partial charge in [-0.1, -0.05) is 6.07 Å². The molecule has 0 spiro atoms. The highest BCUT2D eigenvalue weighted by Gasteiger charge is 2.40. The van der Waals surface area contributed by atoms with E-state index in [0.29, 0.717) is 24.6 Å². The molecule has 1 heterocycles. The van der Waals surface area contributed by atoms with Gasteiger partial charge in [-0.25, -0.2) is 0 Å². The fourth-order valence-electron chi connectivity index (χ4n) is 2.60. The van der Waals surface area contributed by atoms with E-state index in [2.05, 4.69) is 5.32 Å². The van der Waals surface area contributed by atoms with Gasteiger partial charge in [-0.05, 0) is 31.5 Å². The molecule has 6 nitrogen and oxygen atoms in total. The van der Waals surface area contributed by atoms with Crippen LogP contribution in [0.2, 0.25) is 0 Å². The zero-order valence-electron chi connectivity index (χ0n) is 13.4. The molecular formula is C16H22N2O4. The fraction of sp³-hybridized carbons (Fsp3) is 0.500. The number of hydrogen-bond donors (Lipinski definition) is 1. The van der Waals surface area contributed by atoms with Crippen LogP contribution in [0.4, 0.5) is 0 Å². The van der Waals surface area contributed by atoms with Gasteiger partial charge in [0, 0.05) is 13.1 Å². The molecule has 1 aliphatic heterocycles. The van der Waals surface area contributed by atoms with Crippen molar-refractivity contribution in [1.29, 1.82) is 0 Å². The second-order valence-electron chi connectivity index (χ2n) is 5.73. The van der Waals surface area contributed by atoms with Crippen molar-refractivity contribution in [2.75, 3.05) is 27.3 Å². The lowest BCUT2D eigenvalue weighted by Gasteiger charge is -2.41. The quantitative estimate of drug-likeness (QED) is 0.900. The van der Waals surface area contributed by atoms with E-state index in [4.69, 9.17) is 9.47 Å². The molecular weight excluding hydrogens is 284 g/mol. The van der Waals surface area contributed by atoms with E-state index in [9.17, 15) is 9.59 Å². The van der Waals surface area contributed by atoms with Crippen LogP contribution in [0.25, 0.3) is 0 Å². The molecule has 0 aliphatic carbocycles. The predicted molar refractivity (Wildman–Crippen MR) is 82.1 cm³/mol. The number of carbonyl (C=O) groups is 2. The lowest BCUT2D eigenvalue weighted by Crippen LogP contribution is -2.63.